The van der Waals surface area contributed by atoms with Crippen molar-refractivity contribution in [1.29, 1.82) is 0 Å². The Morgan fingerprint density at radius 3 is 2.77 bits per heavy atom. The third-order valence-corrected chi connectivity index (χ3v) is 3.88. The van der Waals surface area contributed by atoms with Gasteiger partial charge in [0.05, 0.1) is 4.92 Å². The molecule has 2 aromatic rings. The molecule has 2 rings (SSSR count). The van der Waals surface area contributed by atoms with E-state index in [0.29, 0.717) is 0 Å². The highest BCUT2D eigenvalue weighted by molar-refractivity contribution is 7.17. The fourth-order valence-electron chi connectivity index (χ4n) is 1.76. The summed E-state index contributed by atoms with van der Waals surface area (Å²) in [5.41, 5.74) is 1.17. The van der Waals surface area contributed by atoms with E-state index in [9.17, 15) is 14.9 Å². The Bertz CT molecular complexity index is 667. The summed E-state index contributed by atoms with van der Waals surface area (Å²) in [7, 11) is 0. The molecular formula is C15H15NO5S. The van der Waals surface area contributed by atoms with Crippen molar-refractivity contribution in [3.63, 3.8) is 0 Å². The molecule has 0 atom stereocenters. The van der Waals surface area contributed by atoms with Crippen LogP contribution in [0.3, 0.4) is 0 Å². The van der Waals surface area contributed by atoms with Gasteiger partial charge in [0.1, 0.15) is 23.8 Å². The van der Waals surface area contributed by atoms with Gasteiger partial charge in [-0.05, 0) is 30.2 Å². The van der Waals surface area contributed by atoms with E-state index in [1.165, 1.54) is 17.7 Å². The summed E-state index contributed by atoms with van der Waals surface area (Å²) in [4.78, 5) is 21.9. The van der Waals surface area contributed by atoms with Gasteiger partial charge in [0.15, 0.2) is 0 Å². The lowest BCUT2D eigenvalue weighted by molar-refractivity contribution is -0.380. The summed E-state index contributed by atoms with van der Waals surface area (Å²) in [5.74, 6) is 0.145. The maximum absolute atomic E-state index is 11.7. The van der Waals surface area contributed by atoms with Crippen LogP contribution in [0.2, 0.25) is 0 Å². The number of nitro groups is 1. The Morgan fingerprint density at radius 1 is 1.27 bits per heavy atom. The molecule has 6 nitrogen and oxygen atoms in total. The highest BCUT2D eigenvalue weighted by atomic mass is 32.1. The van der Waals surface area contributed by atoms with Crippen LogP contribution < -0.4 is 4.74 Å². The van der Waals surface area contributed by atoms with Gasteiger partial charge in [-0.3, -0.25) is 10.1 Å². The van der Waals surface area contributed by atoms with E-state index < -0.39 is 10.9 Å². The largest absolute Gasteiger partial charge is 0.490 e. The Balaban J connectivity index is 1.78. The zero-order valence-electron chi connectivity index (χ0n) is 12.0. The Morgan fingerprint density at radius 2 is 2.09 bits per heavy atom. The van der Waals surface area contributed by atoms with Crippen molar-refractivity contribution in [1.82, 2.24) is 0 Å². The van der Waals surface area contributed by atoms with Crippen LogP contribution in [0.25, 0.3) is 0 Å². The molecule has 0 amide bonds. The molecule has 0 saturated carbocycles. The number of benzene rings is 1. The van der Waals surface area contributed by atoms with Gasteiger partial charge in [0, 0.05) is 6.07 Å². The predicted octanol–water partition coefficient (Wildman–Crippen LogP) is 3.45. The van der Waals surface area contributed by atoms with E-state index in [4.69, 9.17) is 9.47 Å². The monoisotopic (exact) mass is 321 g/mol. The quantitative estimate of drug-likeness (QED) is 0.338. The topological polar surface area (TPSA) is 78.7 Å². The molecule has 0 spiro atoms. The Labute approximate surface area is 131 Å². The second kappa shape index (κ2) is 7.56. The van der Waals surface area contributed by atoms with Crippen molar-refractivity contribution in [3.8, 4) is 5.75 Å². The first kappa shape index (κ1) is 16.0. The third kappa shape index (κ3) is 4.29. The van der Waals surface area contributed by atoms with Gasteiger partial charge in [-0.25, -0.2) is 4.79 Å². The average molecular weight is 321 g/mol. The number of aryl methyl sites for hydroxylation is 1. The second-order valence-corrected chi connectivity index (χ2v) is 5.44. The van der Waals surface area contributed by atoms with Gasteiger partial charge in [0.25, 0.3) is 0 Å². The fraction of sp³-hybridized carbons (Fsp3) is 0.267. The molecule has 1 aromatic heterocycles. The second-order valence-electron chi connectivity index (χ2n) is 4.38. The Kier molecular flexibility index (Phi) is 5.48. The number of hydrogen-bond donors (Lipinski definition) is 0. The van der Waals surface area contributed by atoms with Crippen molar-refractivity contribution in [3.05, 3.63) is 57.0 Å². The molecule has 0 unspecified atom stereocenters. The molecule has 1 aromatic carbocycles. The predicted molar refractivity (Wildman–Crippen MR) is 82.6 cm³/mol. The first-order chi connectivity index (χ1) is 10.6. The summed E-state index contributed by atoms with van der Waals surface area (Å²) < 4.78 is 10.5. The highest BCUT2D eigenvalue weighted by Crippen LogP contribution is 2.24. The lowest BCUT2D eigenvalue weighted by Crippen LogP contribution is -2.11. The van der Waals surface area contributed by atoms with E-state index in [0.717, 1.165) is 23.5 Å². The first-order valence-electron chi connectivity index (χ1n) is 6.73. The molecule has 0 bridgehead atoms. The molecule has 22 heavy (non-hydrogen) atoms. The average Bonchev–Trinajstić information content (AvgIpc) is 3.02. The molecule has 0 radical (unpaired) electrons. The maximum Gasteiger partial charge on any atom is 0.348 e. The van der Waals surface area contributed by atoms with Crippen LogP contribution in [0, 0.1) is 10.1 Å². The van der Waals surface area contributed by atoms with Gasteiger partial charge < -0.3 is 9.47 Å². The van der Waals surface area contributed by atoms with E-state index in [1.807, 2.05) is 24.3 Å². The lowest BCUT2D eigenvalue weighted by Gasteiger charge is -2.07. The number of carbonyl (C=O) groups excluding carboxylic acids is 1. The molecule has 0 aliphatic heterocycles. The van der Waals surface area contributed by atoms with Gasteiger partial charge in [0.2, 0.25) is 0 Å². The summed E-state index contributed by atoms with van der Waals surface area (Å²) in [6.07, 6.45) is 0.920. The third-order valence-electron chi connectivity index (χ3n) is 2.86. The summed E-state index contributed by atoms with van der Waals surface area (Å²) in [6, 6.07) is 10.4. The maximum atomic E-state index is 11.7. The number of thiophene rings is 1. The van der Waals surface area contributed by atoms with Crippen LogP contribution >= 0.6 is 11.3 Å². The van der Waals surface area contributed by atoms with E-state index in [-0.39, 0.29) is 23.1 Å². The zero-order chi connectivity index (χ0) is 15.9. The van der Waals surface area contributed by atoms with Gasteiger partial charge in [-0.2, -0.15) is 0 Å². The number of nitrogens with zero attached hydrogens (tertiary/aromatic N) is 1. The number of hydrogen-bond acceptors (Lipinski definition) is 6. The van der Waals surface area contributed by atoms with Crippen molar-refractivity contribution in [2.45, 2.75) is 13.3 Å². The SMILES string of the molecule is CCc1cccc(OCCOC(=O)c2ccc([N+](=O)[O-])s2)c1. The minimum Gasteiger partial charge on any atom is -0.490 e. The van der Waals surface area contributed by atoms with E-state index in [2.05, 4.69) is 6.92 Å². The number of ether oxygens (including phenoxy) is 2. The zero-order valence-corrected chi connectivity index (χ0v) is 12.8. The number of rotatable bonds is 7. The summed E-state index contributed by atoms with van der Waals surface area (Å²) in [5, 5.41) is 10.5. The van der Waals surface area contributed by atoms with Crippen molar-refractivity contribution >= 4 is 22.3 Å². The van der Waals surface area contributed by atoms with Gasteiger partial charge in [-0.15, -0.1) is 0 Å². The molecule has 7 heteroatoms. The first-order valence-corrected chi connectivity index (χ1v) is 7.55. The van der Waals surface area contributed by atoms with Gasteiger partial charge in [-0.1, -0.05) is 30.4 Å². The fourth-order valence-corrected chi connectivity index (χ4v) is 2.47. The highest BCUT2D eigenvalue weighted by Gasteiger charge is 2.16. The van der Waals surface area contributed by atoms with Crippen molar-refractivity contribution in [2.75, 3.05) is 13.2 Å². The van der Waals surface area contributed by atoms with Crippen LogP contribution in [0.1, 0.15) is 22.2 Å². The molecular weight excluding hydrogens is 306 g/mol. The Hall–Kier alpha value is -2.41. The molecule has 1 heterocycles. The van der Waals surface area contributed by atoms with Crippen LogP contribution in [0.4, 0.5) is 5.00 Å². The normalized spacial score (nSPS) is 10.2. The van der Waals surface area contributed by atoms with Crippen molar-refractivity contribution in [2.24, 2.45) is 0 Å². The smallest absolute Gasteiger partial charge is 0.348 e. The van der Waals surface area contributed by atoms with Crippen LogP contribution in [-0.2, 0) is 11.2 Å². The minimum absolute atomic E-state index is 0.0837. The standard InChI is InChI=1S/C15H15NO5S/c1-2-11-4-3-5-12(10-11)20-8-9-21-15(17)13-6-7-14(22-13)16(18)19/h3-7,10H,2,8-9H2,1H3. The van der Waals surface area contributed by atoms with Crippen LogP contribution in [-0.4, -0.2) is 24.1 Å². The number of esters is 1. The minimum atomic E-state index is -0.580. The summed E-state index contributed by atoms with van der Waals surface area (Å²) in [6.45, 7) is 2.37. The lowest BCUT2D eigenvalue weighted by atomic mass is 10.2. The van der Waals surface area contributed by atoms with E-state index in [1.54, 1.807) is 0 Å². The molecule has 0 aliphatic carbocycles. The number of carbonyl (C=O) groups is 1. The van der Waals surface area contributed by atoms with Crippen molar-refractivity contribution < 1.29 is 19.2 Å². The summed E-state index contributed by atoms with van der Waals surface area (Å²) >= 11 is 0.794. The molecule has 0 aliphatic rings. The van der Waals surface area contributed by atoms with Crippen LogP contribution in [0.5, 0.6) is 5.75 Å². The van der Waals surface area contributed by atoms with E-state index >= 15 is 0 Å². The molecule has 116 valence electrons. The molecule has 0 N–H and O–H groups in total. The van der Waals surface area contributed by atoms with Gasteiger partial charge >= 0.3 is 11.0 Å². The molecule has 0 saturated heterocycles. The van der Waals surface area contributed by atoms with Crippen LogP contribution in [0.15, 0.2) is 36.4 Å². The molecule has 0 fully saturated rings.